The quantitative estimate of drug-likeness (QED) is 0.288. The number of esters is 4. The molecule has 0 aliphatic carbocycles. The first-order valence-corrected chi connectivity index (χ1v) is 15.5. The third-order valence-electron chi connectivity index (χ3n) is 7.18. The molecule has 0 saturated carbocycles. The number of guanidine groups is 1. The molecule has 15 heteroatoms. The predicted molar refractivity (Wildman–Crippen MR) is 168 cm³/mol. The van der Waals surface area contributed by atoms with Gasteiger partial charge in [0.15, 0.2) is 24.5 Å². The number of carbonyl (C=O) groups excluding carboxylic acids is 5. The highest BCUT2D eigenvalue weighted by molar-refractivity contribution is 6.30. The Bertz CT molecular complexity index is 1500. The molecule has 13 nitrogen and oxygen atoms in total. The van der Waals surface area contributed by atoms with E-state index in [1.165, 1.54) is 11.8 Å². The van der Waals surface area contributed by atoms with Gasteiger partial charge in [-0.05, 0) is 41.8 Å². The van der Waals surface area contributed by atoms with Crippen molar-refractivity contribution in [2.75, 3.05) is 6.61 Å². The largest absolute Gasteiger partial charge is 0.463 e. The molecule has 2 aliphatic heterocycles. The van der Waals surface area contributed by atoms with Gasteiger partial charge in [0.05, 0.1) is 6.54 Å². The lowest BCUT2D eigenvalue weighted by Crippen LogP contribution is -2.63. The van der Waals surface area contributed by atoms with Crippen LogP contribution in [0.1, 0.15) is 45.2 Å². The summed E-state index contributed by atoms with van der Waals surface area (Å²) in [6.07, 6.45) is -6.27. The number of nitrogens with zero attached hydrogens (tertiary/aromatic N) is 2. The van der Waals surface area contributed by atoms with Crippen LogP contribution in [-0.2, 0) is 60.6 Å². The number of ether oxygens (including phenoxy) is 5. The molecule has 2 heterocycles. The minimum absolute atomic E-state index is 0.0797. The highest BCUT2D eigenvalue weighted by atomic mass is 35.5. The van der Waals surface area contributed by atoms with Crippen molar-refractivity contribution in [3.05, 3.63) is 69.7 Å². The Kier molecular flexibility index (Phi) is 12.2. The van der Waals surface area contributed by atoms with Crippen LogP contribution in [-0.4, -0.2) is 83.9 Å². The normalized spacial score (nSPS) is 25.0. The predicted octanol–water partition coefficient (Wildman–Crippen LogP) is 3.37. The minimum atomic E-state index is -1.44. The Labute approximate surface area is 281 Å². The second kappa shape index (κ2) is 16.1. The minimum Gasteiger partial charge on any atom is -0.463 e. The summed E-state index contributed by atoms with van der Waals surface area (Å²) in [5.74, 6) is -3.14. The molecule has 252 valence electrons. The van der Waals surface area contributed by atoms with Gasteiger partial charge in [-0.2, -0.15) is 0 Å². The molecule has 0 bridgehead atoms. The zero-order chi connectivity index (χ0) is 34.2. The van der Waals surface area contributed by atoms with Crippen LogP contribution in [0.25, 0.3) is 0 Å². The number of benzene rings is 2. The van der Waals surface area contributed by atoms with E-state index in [1.54, 1.807) is 36.4 Å². The molecule has 47 heavy (non-hydrogen) atoms. The highest BCUT2D eigenvalue weighted by Crippen LogP contribution is 2.31. The van der Waals surface area contributed by atoms with Crippen molar-refractivity contribution < 1.29 is 47.7 Å². The number of halogens is 2. The van der Waals surface area contributed by atoms with Crippen molar-refractivity contribution in [2.24, 2.45) is 4.99 Å². The van der Waals surface area contributed by atoms with Gasteiger partial charge in [0, 0.05) is 50.2 Å². The molecule has 2 aromatic carbocycles. The summed E-state index contributed by atoms with van der Waals surface area (Å²) in [5.41, 5.74) is 1.66. The molecule has 1 N–H and O–H groups in total. The number of nitrogens with one attached hydrogen (secondary N) is 1. The smallest absolute Gasteiger partial charge is 0.303 e. The van der Waals surface area contributed by atoms with E-state index in [0.717, 1.165) is 31.9 Å². The average Bonchev–Trinajstić information content (AvgIpc) is 2.98. The first kappa shape index (κ1) is 35.7. The van der Waals surface area contributed by atoms with Crippen LogP contribution in [0.4, 0.5) is 0 Å². The van der Waals surface area contributed by atoms with Gasteiger partial charge in [-0.15, -0.1) is 0 Å². The summed E-state index contributed by atoms with van der Waals surface area (Å²) < 4.78 is 27.9. The van der Waals surface area contributed by atoms with Crippen LogP contribution in [0, 0.1) is 0 Å². The highest BCUT2D eigenvalue weighted by Gasteiger charge is 2.52. The van der Waals surface area contributed by atoms with Crippen molar-refractivity contribution >= 4 is 58.9 Å². The van der Waals surface area contributed by atoms with Crippen molar-refractivity contribution in [1.82, 2.24) is 10.2 Å². The second-order valence-corrected chi connectivity index (χ2v) is 11.9. The maximum Gasteiger partial charge on any atom is 0.303 e. The fourth-order valence-electron chi connectivity index (χ4n) is 5.25. The van der Waals surface area contributed by atoms with Crippen LogP contribution in [0.3, 0.4) is 0 Å². The summed E-state index contributed by atoms with van der Waals surface area (Å²) in [6, 6.07) is 13.7. The fraction of sp³-hybridized carbons (Fsp3) is 0.438. The van der Waals surface area contributed by atoms with Crippen LogP contribution in [0.2, 0.25) is 10.0 Å². The molecule has 2 aromatic rings. The Balaban J connectivity index is 1.77. The van der Waals surface area contributed by atoms with Gasteiger partial charge in [0.2, 0.25) is 11.9 Å². The van der Waals surface area contributed by atoms with Gasteiger partial charge >= 0.3 is 23.9 Å². The van der Waals surface area contributed by atoms with E-state index >= 15 is 0 Å². The van der Waals surface area contributed by atoms with Gasteiger partial charge in [-0.25, -0.2) is 4.99 Å². The Hall–Kier alpha value is -4.20. The monoisotopic (exact) mass is 691 g/mol. The molecule has 6 atom stereocenters. The lowest BCUT2D eigenvalue weighted by atomic mass is 9.97. The lowest BCUT2D eigenvalue weighted by molar-refractivity contribution is -0.251. The van der Waals surface area contributed by atoms with Crippen LogP contribution in [0.15, 0.2) is 53.5 Å². The summed E-state index contributed by atoms with van der Waals surface area (Å²) in [7, 11) is 0. The molecule has 2 saturated heterocycles. The van der Waals surface area contributed by atoms with E-state index in [9.17, 15) is 24.0 Å². The molecular formula is C32H35Cl2N3O10. The first-order valence-electron chi connectivity index (χ1n) is 14.7. The van der Waals surface area contributed by atoms with E-state index in [2.05, 4.69) is 5.32 Å². The van der Waals surface area contributed by atoms with Crippen molar-refractivity contribution in [2.45, 2.75) is 83.8 Å². The molecule has 1 amide bonds. The second-order valence-electron chi connectivity index (χ2n) is 11.0. The molecular weight excluding hydrogens is 657 g/mol. The van der Waals surface area contributed by atoms with Gasteiger partial charge < -0.3 is 29.0 Å². The van der Waals surface area contributed by atoms with E-state index in [1.807, 2.05) is 12.1 Å². The van der Waals surface area contributed by atoms with E-state index in [-0.39, 0.29) is 24.8 Å². The Morgan fingerprint density at radius 1 is 0.809 bits per heavy atom. The average molecular weight is 693 g/mol. The van der Waals surface area contributed by atoms with Gasteiger partial charge in [0.1, 0.15) is 12.7 Å². The third kappa shape index (κ3) is 10.1. The van der Waals surface area contributed by atoms with Gasteiger partial charge in [0.25, 0.3) is 0 Å². The number of carbonyl (C=O) groups is 5. The molecule has 0 spiro atoms. The van der Waals surface area contributed by atoms with Crippen molar-refractivity contribution in [3.8, 4) is 0 Å². The Morgan fingerprint density at radius 3 is 1.89 bits per heavy atom. The zero-order valence-electron chi connectivity index (χ0n) is 26.1. The molecule has 0 aromatic heterocycles. The number of amides is 1. The molecule has 4 rings (SSSR count). The number of hydrogen-bond donors (Lipinski definition) is 1. The molecule has 2 fully saturated rings. The lowest BCUT2D eigenvalue weighted by Gasteiger charge is -2.44. The summed E-state index contributed by atoms with van der Waals surface area (Å²) in [6.45, 7) is 4.26. The third-order valence-corrected chi connectivity index (χ3v) is 7.68. The standard InChI is InChI=1S/C32H35Cl2N3O10/c1-17(38)43-16-26-28(44-18(2)39)29(45-19(3)40)30(46-20(4)41)31(47-26)36-32-35-25(13-21-5-9-23(33)10-6-21)14-27(42)37(32)15-22-7-11-24(34)12-8-22/h5-12,25-26,28-31H,13-16H2,1-4H3,(H,35,36)/t25-,26+,28+,29-,30+,31-/m0/s1. The van der Waals surface area contributed by atoms with E-state index in [0.29, 0.717) is 16.5 Å². The van der Waals surface area contributed by atoms with Gasteiger partial charge in [-0.3, -0.25) is 28.9 Å². The van der Waals surface area contributed by atoms with Crippen LogP contribution in [0.5, 0.6) is 0 Å². The zero-order valence-corrected chi connectivity index (χ0v) is 27.7. The fourth-order valence-corrected chi connectivity index (χ4v) is 5.50. The summed E-state index contributed by atoms with van der Waals surface area (Å²) in [5, 5.41) is 4.40. The molecule has 0 unspecified atom stereocenters. The summed E-state index contributed by atoms with van der Waals surface area (Å²) >= 11 is 12.1. The van der Waals surface area contributed by atoms with Crippen molar-refractivity contribution in [1.29, 1.82) is 0 Å². The summed E-state index contributed by atoms with van der Waals surface area (Å²) in [4.78, 5) is 68.2. The van der Waals surface area contributed by atoms with Crippen LogP contribution >= 0.6 is 23.2 Å². The number of hydrogen-bond acceptors (Lipinski definition) is 11. The maximum atomic E-state index is 13.7. The number of rotatable bonds is 10. The van der Waals surface area contributed by atoms with E-state index < -0.39 is 67.2 Å². The number of aliphatic imine (C=N–C) groups is 1. The van der Waals surface area contributed by atoms with Crippen LogP contribution < -0.4 is 5.32 Å². The topological polar surface area (TPSA) is 159 Å². The van der Waals surface area contributed by atoms with E-state index in [4.69, 9.17) is 51.9 Å². The van der Waals surface area contributed by atoms with Gasteiger partial charge in [-0.1, -0.05) is 47.5 Å². The maximum absolute atomic E-state index is 13.7. The van der Waals surface area contributed by atoms with Crippen molar-refractivity contribution in [3.63, 3.8) is 0 Å². The molecule has 2 aliphatic rings. The Morgan fingerprint density at radius 2 is 1.34 bits per heavy atom. The molecule has 0 radical (unpaired) electrons. The SMILES string of the molecule is CC(=O)OC[C@H]1O[C@H](/N=C2\N[C@@H](Cc3ccc(Cl)cc3)CC(=O)N2Cc2ccc(Cl)cc2)[C@H](OC(C)=O)[C@@H](OC(C)=O)[C@@H]1OC(C)=O. The first-order chi connectivity index (χ1) is 22.3.